The first-order chi connectivity index (χ1) is 9.42. The fourth-order valence-corrected chi connectivity index (χ4v) is 3.19. The van der Waals surface area contributed by atoms with Gasteiger partial charge in [0, 0.05) is 12.6 Å². The van der Waals surface area contributed by atoms with Gasteiger partial charge in [-0.25, -0.2) is 13.1 Å². The quantitative estimate of drug-likeness (QED) is 0.775. The number of likely N-dealkylation sites (N-methyl/N-ethyl adjacent to an activating group) is 1. The van der Waals surface area contributed by atoms with Crippen LogP contribution in [0.25, 0.3) is 0 Å². The number of hydrogen-bond donors (Lipinski definition) is 2. The third-order valence-electron chi connectivity index (χ3n) is 3.53. The monoisotopic (exact) mass is 298 g/mol. The fourth-order valence-electron chi connectivity index (χ4n) is 2.06. The molecular weight excluding hydrogens is 272 g/mol. The molecule has 1 rings (SSSR count). The number of benzene rings is 1. The first-order valence-corrected chi connectivity index (χ1v) is 8.73. The van der Waals surface area contributed by atoms with Gasteiger partial charge in [-0.2, -0.15) is 0 Å². The first-order valence-electron chi connectivity index (χ1n) is 7.25. The molecule has 2 N–H and O–H groups in total. The molecule has 0 radical (unpaired) electrons. The van der Waals surface area contributed by atoms with Gasteiger partial charge in [0.25, 0.3) is 0 Å². The molecule has 20 heavy (non-hydrogen) atoms. The molecule has 2 unspecified atom stereocenters. The standard InChI is InChI=1S/C15H26N2O2S/c1-5-11-17-20(18,19)15-9-7-14(8-10-15)12(3)13(4)16-6-2/h7-10,12-13,16-17H,5-6,11H2,1-4H3. The van der Waals surface area contributed by atoms with Crippen LogP contribution in [0, 0.1) is 0 Å². The van der Waals surface area contributed by atoms with E-state index in [2.05, 4.69) is 30.8 Å². The van der Waals surface area contributed by atoms with E-state index in [1.54, 1.807) is 12.1 Å². The number of nitrogens with one attached hydrogen (secondary N) is 2. The zero-order valence-electron chi connectivity index (χ0n) is 12.8. The van der Waals surface area contributed by atoms with E-state index in [4.69, 9.17) is 0 Å². The van der Waals surface area contributed by atoms with E-state index in [-0.39, 0.29) is 0 Å². The van der Waals surface area contributed by atoms with Crippen molar-refractivity contribution in [3.8, 4) is 0 Å². The largest absolute Gasteiger partial charge is 0.314 e. The Hall–Kier alpha value is -0.910. The van der Waals surface area contributed by atoms with E-state index in [0.717, 1.165) is 18.5 Å². The smallest absolute Gasteiger partial charge is 0.240 e. The van der Waals surface area contributed by atoms with Crippen molar-refractivity contribution in [2.45, 2.75) is 51.0 Å². The molecule has 5 heteroatoms. The van der Waals surface area contributed by atoms with Crippen LogP contribution in [0.5, 0.6) is 0 Å². The van der Waals surface area contributed by atoms with Crippen LogP contribution in [0.2, 0.25) is 0 Å². The lowest BCUT2D eigenvalue weighted by atomic mass is 9.94. The van der Waals surface area contributed by atoms with Gasteiger partial charge in [0.05, 0.1) is 4.90 Å². The SMILES string of the molecule is CCCNS(=O)(=O)c1ccc(C(C)C(C)NCC)cc1. The normalized spacial score (nSPS) is 15.0. The molecule has 0 bridgehead atoms. The Morgan fingerprint density at radius 2 is 1.70 bits per heavy atom. The average Bonchev–Trinajstić information content (AvgIpc) is 2.45. The summed E-state index contributed by atoms with van der Waals surface area (Å²) < 4.78 is 26.5. The van der Waals surface area contributed by atoms with Crippen molar-refractivity contribution >= 4 is 10.0 Å². The summed E-state index contributed by atoms with van der Waals surface area (Å²) in [5.74, 6) is 0.343. The van der Waals surface area contributed by atoms with Crippen LogP contribution < -0.4 is 10.0 Å². The molecule has 0 heterocycles. The van der Waals surface area contributed by atoms with Crippen LogP contribution in [0.1, 0.15) is 45.6 Å². The highest BCUT2D eigenvalue weighted by Gasteiger charge is 2.16. The lowest BCUT2D eigenvalue weighted by Crippen LogP contribution is -2.30. The zero-order valence-corrected chi connectivity index (χ0v) is 13.6. The molecule has 4 nitrogen and oxygen atoms in total. The molecule has 0 aliphatic rings. The van der Waals surface area contributed by atoms with E-state index in [1.165, 1.54) is 0 Å². The Balaban J connectivity index is 2.83. The molecule has 0 aliphatic carbocycles. The Morgan fingerprint density at radius 1 is 1.10 bits per heavy atom. The van der Waals surface area contributed by atoms with Crippen LogP contribution in [-0.2, 0) is 10.0 Å². The lowest BCUT2D eigenvalue weighted by Gasteiger charge is -2.21. The van der Waals surface area contributed by atoms with Gasteiger partial charge in [-0.15, -0.1) is 0 Å². The third kappa shape index (κ3) is 4.58. The predicted molar refractivity (Wildman–Crippen MR) is 83.5 cm³/mol. The third-order valence-corrected chi connectivity index (χ3v) is 5.01. The van der Waals surface area contributed by atoms with Gasteiger partial charge in [0.1, 0.15) is 0 Å². The first kappa shape index (κ1) is 17.1. The average molecular weight is 298 g/mol. The summed E-state index contributed by atoms with van der Waals surface area (Å²) in [6.45, 7) is 9.71. The Kier molecular flexibility index (Phi) is 6.65. The minimum atomic E-state index is -3.36. The molecule has 0 saturated carbocycles. The van der Waals surface area contributed by atoms with Crippen molar-refractivity contribution in [3.05, 3.63) is 29.8 Å². The summed E-state index contributed by atoms with van der Waals surface area (Å²) in [5.41, 5.74) is 1.15. The van der Waals surface area contributed by atoms with E-state index >= 15 is 0 Å². The molecule has 0 saturated heterocycles. The van der Waals surface area contributed by atoms with Gasteiger partial charge < -0.3 is 5.32 Å². The number of sulfonamides is 1. The number of hydrogen-bond acceptors (Lipinski definition) is 3. The second-order valence-electron chi connectivity index (χ2n) is 5.10. The fraction of sp³-hybridized carbons (Fsp3) is 0.600. The Bertz CT molecular complexity index is 497. The second kappa shape index (κ2) is 7.76. The van der Waals surface area contributed by atoms with Crippen molar-refractivity contribution in [2.75, 3.05) is 13.1 Å². The lowest BCUT2D eigenvalue weighted by molar-refractivity contribution is 0.495. The highest BCUT2D eigenvalue weighted by molar-refractivity contribution is 7.89. The summed E-state index contributed by atoms with van der Waals surface area (Å²) in [5, 5.41) is 3.39. The molecule has 114 valence electrons. The highest BCUT2D eigenvalue weighted by Crippen LogP contribution is 2.21. The molecule has 1 aromatic rings. The minimum absolute atomic E-state index is 0.331. The van der Waals surface area contributed by atoms with Gasteiger partial charge in [-0.05, 0) is 43.5 Å². The van der Waals surface area contributed by atoms with Crippen molar-refractivity contribution < 1.29 is 8.42 Å². The molecule has 0 spiro atoms. The van der Waals surface area contributed by atoms with Crippen molar-refractivity contribution in [1.82, 2.24) is 10.0 Å². The maximum absolute atomic E-state index is 12.0. The zero-order chi connectivity index (χ0) is 15.2. The van der Waals surface area contributed by atoms with Crippen LogP contribution in [0.3, 0.4) is 0 Å². The molecule has 0 aliphatic heterocycles. The van der Waals surface area contributed by atoms with Gasteiger partial charge in [-0.1, -0.05) is 32.9 Å². The maximum Gasteiger partial charge on any atom is 0.240 e. The Labute approximate surface area is 123 Å². The van der Waals surface area contributed by atoms with Crippen LogP contribution >= 0.6 is 0 Å². The predicted octanol–water partition coefficient (Wildman–Crippen LogP) is 2.48. The van der Waals surface area contributed by atoms with Crippen molar-refractivity contribution in [1.29, 1.82) is 0 Å². The van der Waals surface area contributed by atoms with Gasteiger partial charge in [-0.3, -0.25) is 0 Å². The van der Waals surface area contributed by atoms with Crippen molar-refractivity contribution in [2.24, 2.45) is 0 Å². The summed E-state index contributed by atoms with van der Waals surface area (Å²) in [6, 6.07) is 7.53. The van der Waals surface area contributed by atoms with Crippen LogP contribution in [0.15, 0.2) is 29.2 Å². The maximum atomic E-state index is 12.0. The van der Waals surface area contributed by atoms with E-state index < -0.39 is 10.0 Å². The van der Waals surface area contributed by atoms with Gasteiger partial charge in [0.2, 0.25) is 10.0 Å². The van der Waals surface area contributed by atoms with Crippen LogP contribution in [-0.4, -0.2) is 27.5 Å². The van der Waals surface area contributed by atoms with Crippen molar-refractivity contribution in [3.63, 3.8) is 0 Å². The topological polar surface area (TPSA) is 58.2 Å². The highest BCUT2D eigenvalue weighted by atomic mass is 32.2. The van der Waals surface area contributed by atoms with Gasteiger partial charge in [0.15, 0.2) is 0 Å². The molecule has 0 aromatic heterocycles. The molecule has 1 aromatic carbocycles. The summed E-state index contributed by atoms with van der Waals surface area (Å²) in [4.78, 5) is 0.331. The molecule has 0 amide bonds. The van der Waals surface area contributed by atoms with Crippen LogP contribution in [0.4, 0.5) is 0 Å². The Morgan fingerprint density at radius 3 is 2.20 bits per heavy atom. The van der Waals surface area contributed by atoms with Gasteiger partial charge >= 0.3 is 0 Å². The van der Waals surface area contributed by atoms with E-state index in [0.29, 0.717) is 23.4 Å². The minimum Gasteiger partial charge on any atom is -0.314 e. The molecule has 2 atom stereocenters. The van der Waals surface area contributed by atoms with E-state index in [9.17, 15) is 8.42 Å². The summed E-state index contributed by atoms with van der Waals surface area (Å²) >= 11 is 0. The molecular formula is C15H26N2O2S. The summed E-state index contributed by atoms with van der Waals surface area (Å²) in [7, 11) is -3.36. The second-order valence-corrected chi connectivity index (χ2v) is 6.87. The molecule has 0 fully saturated rings. The number of rotatable bonds is 8. The van der Waals surface area contributed by atoms with E-state index in [1.807, 2.05) is 19.1 Å². The summed E-state index contributed by atoms with van der Waals surface area (Å²) in [6.07, 6.45) is 0.786.